The van der Waals surface area contributed by atoms with Crippen LogP contribution in [0.1, 0.15) is 22.0 Å². The quantitative estimate of drug-likeness (QED) is 0.676. The Kier molecular flexibility index (Phi) is 3.36. The molecule has 8 heteroatoms. The molecule has 138 valence electrons. The summed E-state index contributed by atoms with van der Waals surface area (Å²) in [4.78, 5) is 14.7. The van der Waals surface area contributed by atoms with Crippen molar-refractivity contribution in [3.63, 3.8) is 0 Å². The van der Waals surface area contributed by atoms with Gasteiger partial charge in [0.15, 0.2) is 9.84 Å². The normalized spacial score (nSPS) is 22.6. The number of furan rings is 1. The Labute approximate surface area is 156 Å². The van der Waals surface area contributed by atoms with Crippen molar-refractivity contribution < 1.29 is 17.6 Å². The SMILES string of the molecule is Cn1ccc(C(=O)N2C[C@@H]3[C@@H](C2)c2cc(-c4ccco4)ccc2S3(=O)=O)n1. The molecule has 1 saturated heterocycles. The van der Waals surface area contributed by atoms with Gasteiger partial charge >= 0.3 is 0 Å². The van der Waals surface area contributed by atoms with E-state index in [1.165, 1.54) is 0 Å². The molecule has 2 atom stereocenters. The van der Waals surface area contributed by atoms with Crippen LogP contribution in [0.4, 0.5) is 0 Å². The molecule has 0 bridgehead atoms. The molecule has 2 aliphatic rings. The van der Waals surface area contributed by atoms with E-state index in [0.29, 0.717) is 22.9 Å². The maximum absolute atomic E-state index is 13.0. The number of benzene rings is 1. The summed E-state index contributed by atoms with van der Waals surface area (Å²) in [6, 6.07) is 10.6. The fraction of sp³-hybridized carbons (Fsp3) is 0.263. The van der Waals surface area contributed by atoms with Crippen molar-refractivity contribution in [2.24, 2.45) is 7.05 Å². The van der Waals surface area contributed by atoms with Gasteiger partial charge in [-0.3, -0.25) is 9.48 Å². The van der Waals surface area contributed by atoms with E-state index < -0.39 is 15.1 Å². The molecule has 27 heavy (non-hydrogen) atoms. The van der Waals surface area contributed by atoms with Gasteiger partial charge in [0.25, 0.3) is 5.91 Å². The molecule has 0 aliphatic carbocycles. The molecule has 2 aromatic heterocycles. The summed E-state index contributed by atoms with van der Waals surface area (Å²) in [7, 11) is -1.72. The van der Waals surface area contributed by atoms with Gasteiger partial charge in [-0.25, -0.2) is 8.42 Å². The van der Waals surface area contributed by atoms with Gasteiger partial charge in [0.05, 0.1) is 16.4 Å². The molecule has 1 fully saturated rings. The molecule has 1 amide bonds. The first-order chi connectivity index (χ1) is 12.9. The number of carbonyl (C=O) groups excluding carboxylic acids is 1. The highest BCUT2D eigenvalue weighted by Gasteiger charge is 2.51. The third kappa shape index (κ3) is 2.36. The summed E-state index contributed by atoms with van der Waals surface area (Å²) in [5.74, 6) is 0.231. The maximum atomic E-state index is 13.0. The van der Waals surface area contributed by atoms with Gasteiger partial charge in [-0.1, -0.05) is 0 Å². The number of aromatic nitrogens is 2. The summed E-state index contributed by atoms with van der Waals surface area (Å²) < 4.78 is 33.0. The van der Waals surface area contributed by atoms with Crippen molar-refractivity contribution in [3.8, 4) is 11.3 Å². The lowest BCUT2D eigenvalue weighted by Gasteiger charge is -2.16. The van der Waals surface area contributed by atoms with E-state index in [4.69, 9.17) is 4.42 Å². The zero-order valence-electron chi connectivity index (χ0n) is 14.6. The van der Waals surface area contributed by atoms with Gasteiger partial charge in [0, 0.05) is 37.8 Å². The number of hydrogen-bond acceptors (Lipinski definition) is 5. The molecular weight excluding hydrogens is 366 g/mol. The first-order valence-corrected chi connectivity index (χ1v) is 10.2. The average Bonchev–Trinajstić information content (AvgIpc) is 3.41. The lowest BCUT2D eigenvalue weighted by atomic mass is 9.96. The van der Waals surface area contributed by atoms with Gasteiger partial charge in [-0.15, -0.1) is 0 Å². The number of carbonyl (C=O) groups is 1. The zero-order valence-corrected chi connectivity index (χ0v) is 15.4. The molecule has 1 aromatic carbocycles. The fourth-order valence-electron chi connectivity index (χ4n) is 4.10. The van der Waals surface area contributed by atoms with E-state index in [0.717, 1.165) is 11.1 Å². The second kappa shape index (κ2) is 5.56. The summed E-state index contributed by atoms with van der Waals surface area (Å²) in [5, 5.41) is 3.54. The van der Waals surface area contributed by atoms with E-state index in [1.54, 1.807) is 53.4 Å². The molecule has 3 aromatic rings. The first-order valence-electron chi connectivity index (χ1n) is 8.66. The van der Waals surface area contributed by atoms with Gasteiger partial charge in [-0.05, 0) is 42.0 Å². The molecule has 0 N–H and O–H groups in total. The van der Waals surface area contributed by atoms with Crippen LogP contribution in [0.5, 0.6) is 0 Å². The second-order valence-electron chi connectivity index (χ2n) is 7.00. The molecule has 0 saturated carbocycles. The third-order valence-electron chi connectivity index (χ3n) is 5.41. The Hall–Kier alpha value is -2.87. The predicted molar refractivity (Wildman–Crippen MR) is 97.0 cm³/mol. The molecular formula is C19H17N3O4S. The van der Waals surface area contributed by atoms with Crippen molar-refractivity contribution in [1.29, 1.82) is 0 Å². The van der Waals surface area contributed by atoms with Gasteiger partial charge in [-0.2, -0.15) is 5.10 Å². The van der Waals surface area contributed by atoms with Crippen LogP contribution < -0.4 is 0 Å². The van der Waals surface area contributed by atoms with Crippen LogP contribution in [-0.2, 0) is 16.9 Å². The van der Waals surface area contributed by atoms with Gasteiger partial charge in [0.2, 0.25) is 0 Å². The molecule has 0 radical (unpaired) electrons. The highest BCUT2D eigenvalue weighted by molar-refractivity contribution is 7.92. The Morgan fingerprint density at radius 2 is 2.07 bits per heavy atom. The Morgan fingerprint density at radius 3 is 2.78 bits per heavy atom. The lowest BCUT2D eigenvalue weighted by molar-refractivity contribution is 0.0784. The van der Waals surface area contributed by atoms with Crippen LogP contribution in [0.2, 0.25) is 0 Å². The summed E-state index contributed by atoms with van der Waals surface area (Å²) in [6.07, 6.45) is 3.29. The number of fused-ring (bicyclic) bond motifs is 3. The van der Waals surface area contributed by atoms with Crippen molar-refractivity contribution in [3.05, 3.63) is 60.1 Å². The van der Waals surface area contributed by atoms with Gasteiger partial charge in [0.1, 0.15) is 11.5 Å². The van der Waals surface area contributed by atoms with Crippen LogP contribution in [0.3, 0.4) is 0 Å². The van der Waals surface area contributed by atoms with E-state index in [2.05, 4.69) is 5.10 Å². The second-order valence-corrected chi connectivity index (χ2v) is 9.14. The van der Waals surface area contributed by atoms with E-state index >= 15 is 0 Å². The minimum Gasteiger partial charge on any atom is -0.464 e. The molecule has 7 nitrogen and oxygen atoms in total. The first kappa shape index (κ1) is 16.3. The van der Waals surface area contributed by atoms with Gasteiger partial charge < -0.3 is 9.32 Å². The molecule has 5 rings (SSSR count). The highest BCUT2D eigenvalue weighted by Crippen LogP contribution is 2.46. The topological polar surface area (TPSA) is 85.4 Å². The van der Waals surface area contributed by atoms with Crippen molar-refractivity contribution in [1.82, 2.24) is 14.7 Å². The summed E-state index contributed by atoms with van der Waals surface area (Å²) in [6.45, 7) is 0.557. The van der Waals surface area contributed by atoms with E-state index in [-0.39, 0.29) is 18.4 Å². The van der Waals surface area contributed by atoms with Crippen molar-refractivity contribution in [2.75, 3.05) is 13.1 Å². The largest absolute Gasteiger partial charge is 0.464 e. The molecule has 4 heterocycles. The standard InChI is InChI=1S/C19H17N3O4S/c1-21-7-6-15(20-21)19(23)22-10-14-13-9-12(16-3-2-8-26-16)4-5-17(13)27(24,25)18(14)11-22/h2-9,14,18H,10-11H2,1H3/t14-,18+/m0/s1. The number of likely N-dealkylation sites (tertiary alicyclic amines) is 1. The smallest absolute Gasteiger partial charge is 0.274 e. The molecule has 0 spiro atoms. The Balaban J connectivity index is 1.52. The van der Waals surface area contributed by atoms with E-state index in [9.17, 15) is 13.2 Å². The van der Waals surface area contributed by atoms with Crippen molar-refractivity contribution in [2.45, 2.75) is 16.1 Å². The minimum absolute atomic E-state index is 0.188. The van der Waals surface area contributed by atoms with Crippen LogP contribution in [0.25, 0.3) is 11.3 Å². The number of sulfone groups is 1. The summed E-state index contributed by atoms with van der Waals surface area (Å²) >= 11 is 0. The molecule has 0 unspecified atom stereocenters. The number of nitrogens with zero attached hydrogens (tertiary/aromatic N) is 3. The predicted octanol–water partition coefficient (Wildman–Crippen LogP) is 2.08. The lowest BCUT2D eigenvalue weighted by Crippen LogP contribution is -2.32. The third-order valence-corrected chi connectivity index (χ3v) is 7.67. The Morgan fingerprint density at radius 1 is 1.22 bits per heavy atom. The van der Waals surface area contributed by atoms with Crippen LogP contribution in [0.15, 0.2) is 58.2 Å². The minimum atomic E-state index is -3.46. The number of hydrogen-bond donors (Lipinski definition) is 0. The molecule has 2 aliphatic heterocycles. The van der Waals surface area contributed by atoms with Crippen LogP contribution >= 0.6 is 0 Å². The monoisotopic (exact) mass is 383 g/mol. The average molecular weight is 383 g/mol. The Bertz CT molecular complexity index is 1150. The highest BCUT2D eigenvalue weighted by atomic mass is 32.2. The van der Waals surface area contributed by atoms with Crippen LogP contribution in [0, 0.1) is 0 Å². The van der Waals surface area contributed by atoms with Crippen LogP contribution in [-0.4, -0.2) is 47.3 Å². The summed E-state index contributed by atoms with van der Waals surface area (Å²) in [5.41, 5.74) is 1.94. The fourth-order valence-corrected chi connectivity index (χ4v) is 6.26. The number of rotatable bonds is 2. The number of amides is 1. The van der Waals surface area contributed by atoms with E-state index in [1.807, 2.05) is 12.1 Å². The maximum Gasteiger partial charge on any atom is 0.274 e. The van der Waals surface area contributed by atoms with Crippen molar-refractivity contribution >= 4 is 15.7 Å². The zero-order chi connectivity index (χ0) is 18.8. The number of aryl methyl sites for hydroxylation is 1.